The fourth-order valence-corrected chi connectivity index (χ4v) is 4.67. The Kier molecular flexibility index (Phi) is 5.44. The summed E-state index contributed by atoms with van der Waals surface area (Å²) in [6.45, 7) is 4.21. The van der Waals surface area contributed by atoms with Gasteiger partial charge in [0.15, 0.2) is 0 Å². The number of amides is 1. The molecule has 0 spiro atoms. The van der Waals surface area contributed by atoms with Gasteiger partial charge in [-0.15, -0.1) is 0 Å². The lowest BCUT2D eigenvalue weighted by Crippen LogP contribution is -2.32. The molecule has 1 amide bonds. The van der Waals surface area contributed by atoms with Gasteiger partial charge in [-0.1, -0.05) is 36.4 Å². The number of sulfonamides is 1. The predicted molar refractivity (Wildman–Crippen MR) is 101 cm³/mol. The van der Waals surface area contributed by atoms with Gasteiger partial charge < -0.3 is 4.90 Å². The fourth-order valence-electron chi connectivity index (χ4n) is 3.37. The number of hydrogen-bond donors (Lipinski definition) is 1. The second-order valence-corrected chi connectivity index (χ2v) is 8.59. The monoisotopic (exact) mass is 372 g/mol. The van der Waals surface area contributed by atoms with Crippen molar-refractivity contribution in [3.63, 3.8) is 0 Å². The fraction of sp³-hybridized carbons (Fsp3) is 0.350. The summed E-state index contributed by atoms with van der Waals surface area (Å²) in [6, 6.07) is 16.1. The highest BCUT2D eigenvalue weighted by Crippen LogP contribution is 2.33. The van der Waals surface area contributed by atoms with E-state index in [9.17, 15) is 13.2 Å². The van der Waals surface area contributed by atoms with Crippen molar-refractivity contribution in [3.05, 3.63) is 65.7 Å². The smallest absolute Gasteiger partial charge is 0.254 e. The largest absolute Gasteiger partial charge is 0.332 e. The van der Waals surface area contributed by atoms with E-state index >= 15 is 0 Å². The van der Waals surface area contributed by atoms with Gasteiger partial charge in [0.25, 0.3) is 5.91 Å². The van der Waals surface area contributed by atoms with Gasteiger partial charge in [-0.3, -0.25) is 4.79 Å². The van der Waals surface area contributed by atoms with Gasteiger partial charge in [-0.05, 0) is 50.5 Å². The molecule has 2 aromatic rings. The molecule has 0 bridgehead atoms. The Bertz CT molecular complexity index is 879. The molecule has 2 aromatic carbocycles. The van der Waals surface area contributed by atoms with Gasteiger partial charge in [0.1, 0.15) is 0 Å². The zero-order valence-electron chi connectivity index (χ0n) is 15.1. The van der Waals surface area contributed by atoms with Crippen molar-refractivity contribution >= 4 is 15.9 Å². The first kappa shape index (κ1) is 18.6. The molecule has 26 heavy (non-hydrogen) atoms. The summed E-state index contributed by atoms with van der Waals surface area (Å²) in [6.07, 6.45) is 1.86. The summed E-state index contributed by atoms with van der Waals surface area (Å²) in [4.78, 5) is 15.0. The minimum atomic E-state index is -3.63. The second kappa shape index (κ2) is 7.60. The maximum Gasteiger partial charge on any atom is 0.254 e. The van der Waals surface area contributed by atoms with E-state index in [4.69, 9.17) is 0 Å². The van der Waals surface area contributed by atoms with Crippen LogP contribution in [-0.4, -0.2) is 31.8 Å². The molecule has 0 aromatic heterocycles. The molecule has 1 saturated heterocycles. The second-order valence-electron chi connectivity index (χ2n) is 6.87. The molecular weight excluding hydrogens is 348 g/mol. The van der Waals surface area contributed by atoms with Crippen LogP contribution in [0.1, 0.15) is 48.7 Å². The Balaban J connectivity index is 1.87. The van der Waals surface area contributed by atoms with Crippen LogP contribution >= 0.6 is 0 Å². The van der Waals surface area contributed by atoms with Crippen LogP contribution in [0.15, 0.2) is 59.5 Å². The third-order valence-corrected chi connectivity index (χ3v) is 6.14. The Morgan fingerprint density at radius 2 is 1.85 bits per heavy atom. The highest BCUT2D eigenvalue weighted by atomic mass is 32.2. The summed E-state index contributed by atoms with van der Waals surface area (Å²) >= 11 is 0. The number of nitrogens with zero attached hydrogens (tertiary/aromatic N) is 1. The number of benzene rings is 2. The van der Waals surface area contributed by atoms with E-state index in [1.165, 1.54) is 12.1 Å². The molecule has 0 saturated carbocycles. The quantitative estimate of drug-likeness (QED) is 0.875. The van der Waals surface area contributed by atoms with E-state index in [0.29, 0.717) is 12.1 Å². The van der Waals surface area contributed by atoms with Crippen LogP contribution in [0.25, 0.3) is 0 Å². The standard InChI is InChI=1S/C20H24N2O3S/c1-15(2)21-26(24,25)18-11-6-10-17(14-18)20(23)22-13-7-12-19(22)16-8-4-3-5-9-16/h3-6,8-11,14-15,19,21H,7,12-13H2,1-2H3/t19-/m1/s1. The van der Waals surface area contributed by atoms with E-state index in [-0.39, 0.29) is 22.9 Å². The Hall–Kier alpha value is -2.18. The summed E-state index contributed by atoms with van der Waals surface area (Å²) in [5, 5.41) is 0. The van der Waals surface area contributed by atoms with E-state index in [1.807, 2.05) is 35.2 Å². The number of nitrogens with one attached hydrogen (secondary N) is 1. The molecule has 1 N–H and O–H groups in total. The van der Waals surface area contributed by atoms with Crippen LogP contribution in [0, 0.1) is 0 Å². The first-order valence-electron chi connectivity index (χ1n) is 8.87. The molecule has 1 heterocycles. The first-order valence-corrected chi connectivity index (χ1v) is 10.3. The lowest BCUT2D eigenvalue weighted by Gasteiger charge is -2.25. The Labute approximate surface area is 155 Å². The van der Waals surface area contributed by atoms with Gasteiger partial charge in [0.2, 0.25) is 10.0 Å². The molecule has 3 rings (SSSR count). The van der Waals surface area contributed by atoms with Crippen LogP contribution in [0.5, 0.6) is 0 Å². The van der Waals surface area contributed by atoms with Crippen LogP contribution in [0.4, 0.5) is 0 Å². The number of likely N-dealkylation sites (tertiary alicyclic amines) is 1. The van der Waals surface area contributed by atoms with Gasteiger partial charge >= 0.3 is 0 Å². The van der Waals surface area contributed by atoms with Crippen LogP contribution in [-0.2, 0) is 10.0 Å². The molecule has 5 nitrogen and oxygen atoms in total. The van der Waals surface area contributed by atoms with E-state index in [0.717, 1.165) is 18.4 Å². The number of hydrogen-bond acceptors (Lipinski definition) is 3. The number of carbonyl (C=O) groups is 1. The average Bonchev–Trinajstić information content (AvgIpc) is 3.10. The Morgan fingerprint density at radius 3 is 2.54 bits per heavy atom. The first-order chi connectivity index (χ1) is 12.4. The zero-order chi connectivity index (χ0) is 18.7. The van der Waals surface area contributed by atoms with E-state index < -0.39 is 10.0 Å². The van der Waals surface area contributed by atoms with Crippen molar-refractivity contribution in [2.45, 2.75) is 43.7 Å². The normalized spacial score (nSPS) is 17.7. The molecule has 1 fully saturated rings. The number of rotatable bonds is 5. The molecule has 138 valence electrons. The van der Waals surface area contributed by atoms with Crippen LogP contribution < -0.4 is 4.72 Å². The third kappa shape index (κ3) is 3.97. The average molecular weight is 372 g/mol. The SMILES string of the molecule is CC(C)NS(=O)(=O)c1cccc(C(=O)N2CCC[C@@H]2c2ccccc2)c1. The zero-order valence-corrected chi connectivity index (χ0v) is 15.9. The van der Waals surface area contributed by atoms with Gasteiger partial charge in [0.05, 0.1) is 10.9 Å². The van der Waals surface area contributed by atoms with Crippen molar-refractivity contribution < 1.29 is 13.2 Å². The van der Waals surface area contributed by atoms with Crippen LogP contribution in [0.2, 0.25) is 0 Å². The predicted octanol–water partition coefficient (Wildman–Crippen LogP) is 3.35. The molecule has 1 atom stereocenters. The Morgan fingerprint density at radius 1 is 1.12 bits per heavy atom. The minimum Gasteiger partial charge on any atom is -0.332 e. The molecule has 0 radical (unpaired) electrons. The maximum absolute atomic E-state index is 13.0. The minimum absolute atomic E-state index is 0.0396. The summed E-state index contributed by atoms with van der Waals surface area (Å²) in [7, 11) is -3.63. The highest BCUT2D eigenvalue weighted by molar-refractivity contribution is 7.89. The molecule has 1 aliphatic heterocycles. The molecule has 0 unspecified atom stereocenters. The van der Waals surface area contributed by atoms with E-state index in [1.54, 1.807) is 26.0 Å². The maximum atomic E-state index is 13.0. The third-order valence-electron chi connectivity index (χ3n) is 4.48. The molecule has 1 aliphatic rings. The van der Waals surface area contributed by atoms with Gasteiger partial charge in [-0.25, -0.2) is 13.1 Å². The van der Waals surface area contributed by atoms with Crippen molar-refractivity contribution in [1.29, 1.82) is 0 Å². The number of carbonyl (C=O) groups excluding carboxylic acids is 1. The topological polar surface area (TPSA) is 66.5 Å². The molecule has 0 aliphatic carbocycles. The van der Waals surface area contributed by atoms with Crippen molar-refractivity contribution in [1.82, 2.24) is 9.62 Å². The van der Waals surface area contributed by atoms with Gasteiger partial charge in [-0.2, -0.15) is 0 Å². The lowest BCUT2D eigenvalue weighted by atomic mass is 10.0. The van der Waals surface area contributed by atoms with Gasteiger partial charge in [0, 0.05) is 18.2 Å². The highest BCUT2D eigenvalue weighted by Gasteiger charge is 2.31. The van der Waals surface area contributed by atoms with Crippen LogP contribution in [0.3, 0.4) is 0 Å². The van der Waals surface area contributed by atoms with Crippen molar-refractivity contribution in [2.24, 2.45) is 0 Å². The van der Waals surface area contributed by atoms with Crippen molar-refractivity contribution in [2.75, 3.05) is 6.54 Å². The molecular formula is C20H24N2O3S. The lowest BCUT2D eigenvalue weighted by molar-refractivity contribution is 0.0735. The summed E-state index contributed by atoms with van der Waals surface area (Å²) in [5.74, 6) is -0.127. The van der Waals surface area contributed by atoms with E-state index in [2.05, 4.69) is 4.72 Å². The summed E-state index contributed by atoms with van der Waals surface area (Å²) in [5.41, 5.74) is 1.52. The van der Waals surface area contributed by atoms with Crippen molar-refractivity contribution in [3.8, 4) is 0 Å². The summed E-state index contributed by atoms with van der Waals surface area (Å²) < 4.78 is 27.3. The molecule has 6 heteroatoms.